The molecule has 1 fully saturated rings. The molecular weight excluding hydrogens is 406 g/mol. The van der Waals surface area contributed by atoms with Crippen LogP contribution in [0.25, 0.3) is 0 Å². The summed E-state index contributed by atoms with van der Waals surface area (Å²) in [5, 5.41) is 17.2. The molecule has 1 aromatic carbocycles. The van der Waals surface area contributed by atoms with Crippen LogP contribution in [0.15, 0.2) is 18.2 Å². The van der Waals surface area contributed by atoms with Crippen LogP contribution in [-0.2, 0) is 14.3 Å². The third kappa shape index (κ3) is 7.78. The van der Waals surface area contributed by atoms with Gasteiger partial charge in [-0.2, -0.15) is 0 Å². The summed E-state index contributed by atoms with van der Waals surface area (Å²) in [4.78, 5) is 39.4. The maximum absolute atomic E-state index is 12.8. The Labute approximate surface area is 181 Å². The van der Waals surface area contributed by atoms with Gasteiger partial charge in [0, 0.05) is 71.7 Å². The number of methoxy groups -OCH3 is 2. The van der Waals surface area contributed by atoms with Crippen LogP contribution < -0.4 is 10.6 Å². The first-order valence-electron chi connectivity index (χ1n) is 10.2. The van der Waals surface area contributed by atoms with Crippen molar-refractivity contribution in [1.29, 1.82) is 0 Å². The molecule has 11 nitrogen and oxygen atoms in total. The second-order valence-corrected chi connectivity index (χ2v) is 7.17. The van der Waals surface area contributed by atoms with Gasteiger partial charge in [-0.05, 0) is 18.6 Å². The van der Waals surface area contributed by atoms with Gasteiger partial charge in [-0.3, -0.25) is 24.6 Å². The number of benzene rings is 1. The molecule has 0 saturated carbocycles. The molecule has 0 atom stereocenters. The van der Waals surface area contributed by atoms with Gasteiger partial charge < -0.3 is 25.0 Å². The van der Waals surface area contributed by atoms with Gasteiger partial charge in [0.1, 0.15) is 5.69 Å². The topological polar surface area (TPSA) is 126 Å². The summed E-state index contributed by atoms with van der Waals surface area (Å²) in [5.74, 6) is -0.307. The number of carbonyl (C=O) groups is 2. The Morgan fingerprint density at radius 2 is 1.81 bits per heavy atom. The van der Waals surface area contributed by atoms with Crippen LogP contribution >= 0.6 is 0 Å². The number of nitrogens with zero attached hydrogens (tertiary/aromatic N) is 3. The molecule has 0 spiro atoms. The minimum Gasteiger partial charge on any atom is -0.385 e. The Morgan fingerprint density at radius 1 is 1.10 bits per heavy atom. The Morgan fingerprint density at radius 3 is 2.45 bits per heavy atom. The van der Waals surface area contributed by atoms with E-state index in [2.05, 4.69) is 10.6 Å². The molecule has 0 bridgehead atoms. The lowest BCUT2D eigenvalue weighted by Gasteiger charge is -2.34. The first-order valence-corrected chi connectivity index (χ1v) is 10.2. The monoisotopic (exact) mass is 437 g/mol. The van der Waals surface area contributed by atoms with E-state index in [-0.39, 0.29) is 29.6 Å². The highest BCUT2D eigenvalue weighted by Gasteiger charge is 2.25. The van der Waals surface area contributed by atoms with Crippen molar-refractivity contribution in [2.45, 2.75) is 6.42 Å². The van der Waals surface area contributed by atoms with E-state index in [4.69, 9.17) is 9.47 Å². The molecule has 1 heterocycles. The molecule has 0 unspecified atom stereocenters. The largest absolute Gasteiger partial charge is 0.385 e. The van der Waals surface area contributed by atoms with Crippen LogP contribution in [0.1, 0.15) is 16.8 Å². The highest BCUT2D eigenvalue weighted by atomic mass is 16.6. The van der Waals surface area contributed by atoms with Gasteiger partial charge >= 0.3 is 0 Å². The summed E-state index contributed by atoms with van der Waals surface area (Å²) in [6.07, 6.45) is 0.761. The van der Waals surface area contributed by atoms with Crippen LogP contribution in [0.2, 0.25) is 0 Å². The predicted octanol–water partition coefficient (Wildman–Crippen LogP) is 0.564. The van der Waals surface area contributed by atoms with Gasteiger partial charge in [0.15, 0.2) is 0 Å². The maximum Gasteiger partial charge on any atom is 0.293 e. The number of carbonyl (C=O) groups excluding carboxylic acids is 2. The Kier molecular flexibility index (Phi) is 10.1. The summed E-state index contributed by atoms with van der Waals surface area (Å²) < 4.78 is 9.89. The summed E-state index contributed by atoms with van der Waals surface area (Å²) in [6, 6.07) is 4.44. The Hall–Kier alpha value is -2.76. The second kappa shape index (κ2) is 12.8. The molecular formula is C20H31N5O6. The van der Waals surface area contributed by atoms with E-state index in [9.17, 15) is 19.7 Å². The number of nitro benzene ring substituents is 1. The molecule has 1 aliphatic heterocycles. The first kappa shape index (κ1) is 24.5. The minimum atomic E-state index is -0.505. The van der Waals surface area contributed by atoms with Crippen LogP contribution in [0, 0.1) is 10.1 Å². The third-order valence-electron chi connectivity index (χ3n) is 4.94. The van der Waals surface area contributed by atoms with E-state index >= 15 is 0 Å². The van der Waals surface area contributed by atoms with Gasteiger partial charge in [-0.1, -0.05) is 0 Å². The second-order valence-electron chi connectivity index (χ2n) is 7.17. The zero-order valence-corrected chi connectivity index (χ0v) is 18.1. The van der Waals surface area contributed by atoms with Gasteiger partial charge in [0.05, 0.1) is 18.1 Å². The SMILES string of the molecule is COCCCNC(=O)CN1CCN(C(=O)c2ccc(NCCOC)c([N+](=O)[O-])c2)CC1. The maximum atomic E-state index is 12.8. The van der Waals surface area contributed by atoms with Crippen molar-refractivity contribution in [1.82, 2.24) is 15.1 Å². The van der Waals surface area contributed by atoms with E-state index in [1.165, 1.54) is 6.07 Å². The zero-order chi connectivity index (χ0) is 22.6. The molecule has 1 aromatic rings. The fourth-order valence-corrected chi connectivity index (χ4v) is 3.25. The lowest BCUT2D eigenvalue weighted by Crippen LogP contribution is -2.51. The highest BCUT2D eigenvalue weighted by Crippen LogP contribution is 2.26. The fourth-order valence-electron chi connectivity index (χ4n) is 3.25. The zero-order valence-electron chi connectivity index (χ0n) is 18.1. The minimum absolute atomic E-state index is 0.0527. The molecule has 2 rings (SSSR count). The van der Waals surface area contributed by atoms with E-state index in [0.29, 0.717) is 58.2 Å². The third-order valence-corrected chi connectivity index (χ3v) is 4.94. The molecule has 0 aromatic heterocycles. The number of hydrogen-bond donors (Lipinski definition) is 2. The highest BCUT2D eigenvalue weighted by molar-refractivity contribution is 5.95. The van der Waals surface area contributed by atoms with E-state index in [0.717, 1.165) is 6.42 Å². The van der Waals surface area contributed by atoms with Crippen LogP contribution in [-0.4, -0.2) is 99.8 Å². The molecule has 1 aliphatic rings. The Balaban J connectivity index is 1.88. The lowest BCUT2D eigenvalue weighted by molar-refractivity contribution is -0.384. The smallest absolute Gasteiger partial charge is 0.293 e. The quantitative estimate of drug-likeness (QED) is 0.276. The molecule has 2 N–H and O–H groups in total. The van der Waals surface area contributed by atoms with Crippen molar-refractivity contribution in [3.63, 3.8) is 0 Å². The average Bonchev–Trinajstić information content (AvgIpc) is 2.77. The molecule has 31 heavy (non-hydrogen) atoms. The molecule has 11 heteroatoms. The van der Waals surface area contributed by atoms with Crippen molar-refractivity contribution >= 4 is 23.2 Å². The van der Waals surface area contributed by atoms with Crippen LogP contribution in [0.5, 0.6) is 0 Å². The standard InChI is InChI=1S/C20H31N5O6/c1-30-12-3-6-22-19(26)15-23-8-10-24(11-9-23)20(27)16-4-5-17(21-7-13-31-2)18(14-16)25(28)29/h4-5,14,21H,3,6-13,15H2,1-2H3,(H,22,26). The average molecular weight is 437 g/mol. The normalized spacial score (nSPS) is 14.3. The summed E-state index contributed by atoms with van der Waals surface area (Å²) in [7, 11) is 3.17. The predicted molar refractivity (Wildman–Crippen MR) is 115 cm³/mol. The molecule has 172 valence electrons. The fraction of sp³-hybridized carbons (Fsp3) is 0.600. The van der Waals surface area contributed by atoms with Gasteiger partial charge in [-0.25, -0.2) is 0 Å². The summed E-state index contributed by atoms with van der Waals surface area (Å²) in [6.45, 7) is 4.33. The number of nitrogens with one attached hydrogen (secondary N) is 2. The number of anilines is 1. The number of hydrogen-bond acceptors (Lipinski definition) is 8. The molecule has 0 radical (unpaired) electrons. The van der Waals surface area contributed by atoms with E-state index in [1.54, 1.807) is 31.3 Å². The van der Waals surface area contributed by atoms with Gasteiger partial charge in [0.2, 0.25) is 5.91 Å². The summed E-state index contributed by atoms with van der Waals surface area (Å²) in [5.41, 5.74) is 0.471. The first-order chi connectivity index (χ1) is 15.0. The van der Waals surface area contributed by atoms with E-state index < -0.39 is 4.92 Å². The van der Waals surface area contributed by atoms with Crippen molar-refractivity contribution in [3.8, 4) is 0 Å². The van der Waals surface area contributed by atoms with Gasteiger partial charge in [0.25, 0.3) is 11.6 Å². The van der Waals surface area contributed by atoms with Crippen molar-refractivity contribution in [2.24, 2.45) is 0 Å². The Bertz CT molecular complexity index is 752. The van der Waals surface area contributed by atoms with Crippen molar-refractivity contribution < 1.29 is 24.0 Å². The van der Waals surface area contributed by atoms with Crippen molar-refractivity contribution in [3.05, 3.63) is 33.9 Å². The number of nitro groups is 1. The number of piperazine rings is 1. The van der Waals surface area contributed by atoms with Crippen LogP contribution in [0.3, 0.4) is 0 Å². The number of rotatable bonds is 12. The van der Waals surface area contributed by atoms with Crippen LogP contribution in [0.4, 0.5) is 11.4 Å². The molecule has 0 aliphatic carbocycles. The number of ether oxygens (including phenoxy) is 2. The van der Waals surface area contributed by atoms with Crippen molar-refractivity contribution in [2.75, 3.05) is 78.6 Å². The lowest BCUT2D eigenvalue weighted by atomic mass is 10.1. The summed E-state index contributed by atoms with van der Waals surface area (Å²) >= 11 is 0. The molecule has 2 amide bonds. The van der Waals surface area contributed by atoms with Gasteiger partial charge in [-0.15, -0.1) is 0 Å². The van der Waals surface area contributed by atoms with E-state index in [1.807, 2.05) is 4.90 Å². The number of amides is 2. The molecule has 1 saturated heterocycles.